The molecule has 5 heteroatoms. The van der Waals surface area contributed by atoms with Crippen molar-refractivity contribution in [3.05, 3.63) is 36.5 Å². The zero-order valence-corrected chi connectivity index (χ0v) is 35.3. The van der Waals surface area contributed by atoms with E-state index in [2.05, 4.69) is 50.3 Å². The second-order valence-electron chi connectivity index (χ2n) is 15.5. The summed E-state index contributed by atoms with van der Waals surface area (Å²) in [6.07, 6.45) is 55.3. The van der Waals surface area contributed by atoms with Gasteiger partial charge in [0.1, 0.15) is 6.61 Å². The third-order valence-electron chi connectivity index (χ3n) is 10.1. The summed E-state index contributed by atoms with van der Waals surface area (Å²) in [5.74, 6) is -0.597. The van der Waals surface area contributed by atoms with E-state index in [1.165, 1.54) is 154 Å². The monoisotopic (exact) mass is 745 g/mol. The van der Waals surface area contributed by atoms with Gasteiger partial charge < -0.3 is 14.6 Å². The van der Waals surface area contributed by atoms with E-state index in [0.717, 1.165) is 57.8 Å². The molecule has 0 aliphatic rings. The van der Waals surface area contributed by atoms with Crippen LogP contribution >= 0.6 is 0 Å². The Morgan fingerprint density at radius 2 is 0.792 bits per heavy atom. The highest BCUT2D eigenvalue weighted by atomic mass is 16.6. The first-order valence-electron chi connectivity index (χ1n) is 23.0. The lowest BCUT2D eigenvalue weighted by atomic mass is 10.0. The summed E-state index contributed by atoms with van der Waals surface area (Å²) in [5, 5.41) is 9.56. The second-order valence-corrected chi connectivity index (χ2v) is 15.5. The topological polar surface area (TPSA) is 72.8 Å². The molecule has 0 saturated heterocycles. The molecule has 53 heavy (non-hydrogen) atoms. The normalized spacial score (nSPS) is 12.4. The van der Waals surface area contributed by atoms with Crippen molar-refractivity contribution in [1.29, 1.82) is 0 Å². The van der Waals surface area contributed by atoms with Gasteiger partial charge in [-0.25, -0.2) is 0 Å². The number of esters is 2. The molecular weight excluding hydrogens is 657 g/mol. The van der Waals surface area contributed by atoms with Crippen molar-refractivity contribution < 1.29 is 24.2 Å². The number of aliphatic hydroxyl groups is 1. The predicted octanol–water partition coefficient (Wildman–Crippen LogP) is 14.8. The number of carbonyl (C=O) groups excluding carboxylic acids is 2. The average Bonchev–Trinajstić information content (AvgIpc) is 3.16. The highest BCUT2D eigenvalue weighted by Gasteiger charge is 2.16. The van der Waals surface area contributed by atoms with Gasteiger partial charge in [-0.1, -0.05) is 198 Å². The Kier molecular flexibility index (Phi) is 42.9. The summed E-state index contributed by atoms with van der Waals surface area (Å²) in [6, 6.07) is 0. The average molecular weight is 745 g/mol. The lowest BCUT2D eigenvalue weighted by Gasteiger charge is -2.15. The Balaban J connectivity index is 3.43. The maximum Gasteiger partial charge on any atom is 0.306 e. The van der Waals surface area contributed by atoms with Crippen molar-refractivity contribution in [2.75, 3.05) is 13.2 Å². The number of aliphatic hydroxyl groups excluding tert-OH is 1. The minimum absolute atomic E-state index is 0.0677. The molecule has 0 fully saturated rings. The van der Waals surface area contributed by atoms with Crippen LogP contribution in [0.1, 0.15) is 239 Å². The maximum atomic E-state index is 12.2. The van der Waals surface area contributed by atoms with Gasteiger partial charge in [0, 0.05) is 12.8 Å². The van der Waals surface area contributed by atoms with Crippen LogP contribution < -0.4 is 0 Å². The smallest absolute Gasteiger partial charge is 0.306 e. The number of carbonyl (C=O) groups is 2. The molecule has 1 unspecified atom stereocenters. The molecule has 0 bridgehead atoms. The fourth-order valence-corrected chi connectivity index (χ4v) is 6.65. The molecule has 1 N–H and O–H groups in total. The number of hydrogen-bond acceptors (Lipinski definition) is 5. The van der Waals surface area contributed by atoms with E-state index in [1.54, 1.807) is 0 Å². The first kappa shape index (κ1) is 51.1. The Labute approximate surface area is 329 Å². The minimum Gasteiger partial charge on any atom is -0.462 e. The van der Waals surface area contributed by atoms with Gasteiger partial charge in [0.2, 0.25) is 0 Å². The number of unbranched alkanes of at least 4 members (excludes halogenated alkanes) is 28. The fraction of sp³-hybridized carbons (Fsp3) is 0.833. The van der Waals surface area contributed by atoms with E-state index < -0.39 is 6.10 Å². The molecule has 0 aromatic rings. The molecule has 310 valence electrons. The maximum absolute atomic E-state index is 12.2. The predicted molar refractivity (Wildman–Crippen MR) is 228 cm³/mol. The Morgan fingerprint density at radius 1 is 0.434 bits per heavy atom. The standard InChI is InChI=1S/C48H88O5/c1-3-5-7-9-11-13-15-16-17-18-19-20-21-22-23-24-25-26-27-28-29-30-31-32-33-35-37-39-41-43-48(51)53-46(44-49)45-52-47(50)42-40-38-36-34-14-12-10-8-6-4-2/h8,10,15-16,18-19,46,49H,3-7,9,11-14,17,20-45H2,1-2H3/b10-8-,16-15-,19-18-. The zero-order chi connectivity index (χ0) is 38.6. The van der Waals surface area contributed by atoms with Crippen LogP contribution in [0.15, 0.2) is 36.5 Å². The van der Waals surface area contributed by atoms with E-state index >= 15 is 0 Å². The van der Waals surface area contributed by atoms with E-state index in [0.29, 0.717) is 12.8 Å². The molecule has 0 rings (SSSR count). The quantitative estimate of drug-likeness (QED) is 0.0383. The lowest BCUT2D eigenvalue weighted by molar-refractivity contribution is -0.161. The molecule has 0 aromatic heterocycles. The summed E-state index contributed by atoms with van der Waals surface area (Å²) in [5.41, 5.74) is 0. The lowest BCUT2D eigenvalue weighted by Crippen LogP contribution is -2.28. The van der Waals surface area contributed by atoms with Crippen LogP contribution in [0.4, 0.5) is 0 Å². The largest absolute Gasteiger partial charge is 0.462 e. The van der Waals surface area contributed by atoms with Crippen LogP contribution in [0.3, 0.4) is 0 Å². The summed E-state index contributed by atoms with van der Waals surface area (Å²) in [7, 11) is 0. The molecule has 0 aromatic carbocycles. The van der Waals surface area contributed by atoms with Crippen molar-refractivity contribution in [3.8, 4) is 0 Å². The van der Waals surface area contributed by atoms with Crippen molar-refractivity contribution >= 4 is 11.9 Å². The number of hydrogen-bond donors (Lipinski definition) is 1. The van der Waals surface area contributed by atoms with Gasteiger partial charge in [-0.15, -0.1) is 0 Å². The van der Waals surface area contributed by atoms with Gasteiger partial charge >= 0.3 is 11.9 Å². The summed E-state index contributed by atoms with van der Waals surface area (Å²) in [4.78, 5) is 24.2. The number of rotatable bonds is 42. The van der Waals surface area contributed by atoms with E-state index in [1.807, 2.05) is 0 Å². The SMILES string of the molecule is CCC/C=C\CCCCCCCC(=O)OCC(CO)OC(=O)CCCCCCCCCCCCCCCCCCC/C=C\C/C=C\CCCCCCC. The van der Waals surface area contributed by atoms with E-state index in [4.69, 9.17) is 9.47 Å². The number of ether oxygens (including phenoxy) is 2. The third-order valence-corrected chi connectivity index (χ3v) is 10.1. The van der Waals surface area contributed by atoms with E-state index in [-0.39, 0.29) is 25.2 Å². The Bertz CT molecular complexity index is 847. The van der Waals surface area contributed by atoms with Gasteiger partial charge in [0.15, 0.2) is 6.10 Å². The van der Waals surface area contributed by atoms with Gasteiger partial charge in [-0.2, -0.15) is 0 Å². The van der Waals surface area contributed by atoms with Crippen molar-refractivity contribution in [2.45, 2.75) is 245 Å². The summed E-state index contributed by atoms with van der Waals surface area (Å²) >= 11 is 0. The Morgan fingerprint density at radius 3 is 1.21 bits per heavy atom. The molecular formula is C48H88O5. The van der Waals surface area contributed by atoms with Crippen molar-refractivity contribution in [1.82, 2.24) is 0 Å². The van der Waals surface area contributed by atoms with Crippen LogP contribution in [-0.4, -0.2) is 36.4 Å². The molecule has 0 spiro atoms. The van der Waals surface area contributed by atoms with Gasteiger partial charge in [-0.3, -0.25) is 9.59 Å². The second kappa shape index (κ2) is 44.5. The molecule has 0 saturated carbocycles. The Hall–Kier alpha value is -1.88. The van der Waals surface area contributed by atoms with Gasteiger partial charge in [0.25, 0.3) is 0 Å². The highest BCUT2D eigenvalue weighted by molar-refractivity contribution is 5.70. The van der Waals surface area contributed by atoms with Crippen LogP contribution in [0.2, 0.25) is 0 Å². The van der Waals surface area contributed by atoms with Crippen LogP contribution in [0.25, 0.3) is 0 Å². The molecule has 5 nitrogen and oxygen atoms in total. The zero-order valence-electron chi connectivity index (χ0n) is 35.3. The van der Waals surface area contributed by atoms with Crippen molar-refractivity contribution in [3.63, 3.8) is 0 Å². The van der Waals surface area contributed by atoms with Crippen molar-refractivity contribution in [2.24, 2.45) is 0 Å². The molecule has 0 heterocycles. The van der Waals surface area contributed by atoms with E-state index in [9.17, 15) is 14.7 Å². The van der Waals surface area contributed by atoms with Gasteiger partial charge in [0.05, 0.1) is 6.61 Å². The highest BCUT2D eigenvalue weighted by Crippen LogP contribution is 2.15. The van der Waals surface area contributed by atoms with Crippen LogP contribution in [0.5, 0.6) is 0 Å². The molecule has 1 atom stereocenters. The summed E-state index contributed by atoms with van der Waals surface area (Å²) in [6.45, 7) is 4.07. The third kappa shape index (κ3) is 42.7. The fourth-order valence-electron chi connectivity index (χ4n) is 6.65. The first-order valence-corrected chi connectivity index (χ1v) is 23.0. The van der Waals surface area contributed by atoms with Gasteiger partial charge in [-0.05, 0) is 64.2 Å². The number of allylic oxidation sites excluding steroid dienone is 6. The molecule has 0 amide bonds. The first-order chi connectivity index (χ1) is 26.1. The minimum atomic E-state index is -0.771. The summed E-state index contributed by atoms with van der Waals surface area (Å²) < 4.78 is 10.6. The molecule has 0 radical (unpaired) electrons. The van der Waals surface area contributed by atoms with Crippen LogP contribution in [-0.2, 0) is 19.1 Å². The van der Waals surface area contributed by atoms with Crippen LogP contribution in [0, 0.1) is 0 Å². The molecule has 0 aliphatic carbocycles. The molecule has 0 aliphatic heterocycles.